The predicted octanol–water partition coefficient (Wildman–Crippen LogP) is 0.984. The van der Waals surface area contributed by atoms with Crippen LogP contribution in [0.4, 0.5) is 0 Å². The van der Waals surface area contributed by atoms with E-state index in [1.165, 1.54) is 25.7 Å². The first-order chi connectivity index (χ1) is 9.76. The van der Waals surface area contributed by atoms with Gasteiger partial charge in [-0.15, -0.1) is 0 Å². The number of fused-ring (bicyclic) bond motifs is 1. The summed E-state index contributed by atoms with van der Waals surface area (Å²) in [5.74, 6) is 1.13. The van der Waals surface area contributed by atoms with E-state index >= 15 is 0 Å². The Morgan fingerprint density at radius 3 is 2.05 bits per heavy atom. The predicted molar refractivity (Wildman–Crippen MR) is 71.7 cm³/mol. The van der Waals surface area contributed by atoms with Gasteiger partial charge in [0.05, 0.1) is 13.2 Å². The van der Waals surface area contributed by atoms with Crippen molar-refractivity contribution < 1.29 is 14.3 Å². The summed E-state index contributed by atoms with van der Waals surface area (Å²) in [6.07, 6.45) is 5.62. The molecule has 4 rings (SSSR count). The van der Waals surface area contributed by atoms with Crippen molar-refractivity contribution in [3.05, 3.63) is 0 Å². The van der Waals surface area contributed by atoms with Crippen molar-refractivity contribution in [2.24, 2.45) is 11.8 Å². The molecule has 2 atom stereocenters. The van der Waals surface area contributed by atoms with Crippen LogP contribution in [-0.2, 0) is 14.3 Å². The minimum absolute atomic E-state index is 0.0518. The summed E-state index contributed by atoms with van der Waals surface area (Å²) in [6.45, 7) is 3.14. The fourth-order valence-corrected chi connectivity index (χ4v) is 4.90. The Morgan fingerprint density at radius 1 is 0.950 bits per heavy atom. The van der Waals surface area contributed by atoms with Gasteiger partial charge >= 0.3 is 0 Å². The van der Waals surface area contributed by atoms with Gasteiger partial charge in [-0.2, -0.15) is 0 Å². The molecule has 0 N–H and O–H groups in total. The topological polar surface area (TPSA) is 49.9 Å². The Labute approximate surface area is 119 Å². The molecule has 5 heteroatoms. The van der Waals surface area contributed by atoms with Crippen LogP contribution in [0.2, 0.25) is 0 Å². The van der Waals surface area contributed by atoms with E-state index in [0.29, 0.717) is 24.7 Å². The second-order valence-corrected chi connectivity index (χ2v) is 6.50. The van der Waals surface area contributed by atoms with Gasteiger partial charge in [-0.05, 0) is 12.8 Å². The van der Waals surface area contributed by atoms with Crippen LogP contribution in [0, 0.1) is 11.8 Å². The standard InChI is InChI=1S/C15H22N2O3/c18-13-5-6-14(19)17(13)15(16-7-9-20-10-8-16)11-3-1-2-4-12(11)15/h11-12H,1-10H2. The monoisotopic (exact) mass is 278 g/mol. The molecule has 2 amide bonds. The van der Waals surface area contributed by atoms with E-state index in [1.54, 1.807) is 4.90 Å². The van der Waals surface area contributed by atoms with Gasteiger partial charge in [-0.3, -0.25) is 19.4 Å². The lowest BCUT2D eigenvalue weighted by atomic mass is 10.0. The number of amides is 2. The molecule has 4 fully saturated rings. The molecule has 0 bridgehead atoms. The van der Waals surface area contributed by atoms with Crippen LogP contribution in [0.15, 0.2) is 0 Å². The van der Waals surface area contributed by atoms with Crippen molar-refractivity contribution in [1.82, 2.24) is 9.80 Å². The Balaban J connectivity index is 1.70. The Morgan fingerprint density at radius 2 is 1.50 bits per heavy atom. The molecule has 0 radical (unpaired) electrons. The van der Waals surface area contributed by atoms with E-state index in [4.69, 9.17) is 4.74 Å². The molecule has 2 unspecified atom stereocenters. The number of hydrogen-bond acceptors (Lipinski definition) is 4. The minimum Gasteiger partial charge on any atom is -0.379 e. The van der Waals surface area contributed by atoms with Gasteiger partial charge in [0.25, 0.3) is 0 Å². The molecular weight excluding hydrogens is 256 g/mol. The third-order valence-electron chi connectivity index (χ3n) is 5.68. The lowest BCUT2D eigenvalue weighted by Gasteiger charge is -2.41. The van der Waals surface area contributed by atoms with Crippen molar-refractivity contribution in [1.29, 1.82) is 0 Å². The van der Waals surface area contributed by atoms with Gasteiger partial charge in [-0.1, -0.05) is 12.8 Å². The number of ether oxygens (including phenoxy) is 1. The first kappa shape index (κ1) is 12.8. The van der Waals surface area contributed by atoms with Crippen LogP contribution < -0.4 is 0 Å². The zero-order valence-electron chi connectivity index (χ0n) is 11.8. The van der Waals surface area contributed by atoms with Crippen LogP contribution in [0.5, 0.6) is 0 Å². The fraction of sp³-hybridized carbons (Fsp3) is 0.867. The number of carbonyl (C=O) groups is 2. The summed E-state index contributed by atoms with van der Waals surface area (Å²) in [6, 6.07) is 0. The number of carbonyl (C=O) groups excluding carboxylic acids is 2. The molecule has 0 aromatic rings. The molecule has 0 aromatic carbocycles. The van der Waals surface area contributed by atoms with Gasteiger partial charge < -0.3 is 4.74 Å². The minimum atomic E-state index is -0.273. The van der Waals surface area contributed by atoms with Crippen LogP contribution in [-0.4, -0.2) is 53.6 Å². The van der Waals surface area contributed by atoms with Gasteiger partial charge in [0.1, 0.15) is 5.66 Å². The molecule has 4 aliphatic rings. The highest BCUT2D eigenvalue weighted by Gasteiger charge is 2.73. The first-order valence-electron chi connectivity index (χ1n) is 7.95. The largest absolute Gasteiger partial charge is 0.379 e. The van der Waals surface area contributed by atoms with E-state index in [-0.39, 0.29) is 17.5 Å². The van der Waals surface area contributed by atoms with E-state index in [9.17, 15) is 9.59 Å². The summed E-state index contributed by atoms with van der Waals surface area (Å²) in [7, 11) is 0. The van der Waals surface area contributed by atoms with E-state index in [1.807, 2.05) is 0 Å². The van der Waals surface area contributed by atoms with Crippen molar-refractivity contribution >= 4 is 11.8 Å². The fourth-order valence-electron chi connectivity index (χ4n) is 4.90. The second kappa shape index (κ2) is 4.53. The molecule has 110 valence electrons. The molecule has 2 aliphatic carbocycles. The molecule has 0 spiro atoms. The van der Waals surface area contributed by atoms with Crippen molar-refractivity contribution in [2.75, 3.05) is 26.3 Å². The molecule has 2 heterocycles. The van der Waals surface area contributed by atoms with E-state index in [2.05, 4.69) is 4.90 Å². The zero-order chi connectivity index (χ0) is 13.7. The molecule has 2 saturated carbocycles. The van der Waals surface area contributed by atoms with E-state index < -0.39 is 0 Å². The van der Waals surface area contributed by atoms with Crippen LogP contribution >= 0.6 is 0 Å². The van der Waals surface area contributed by atoms with E-state index in [0.717, 1.165) is 26.3 Å². The number of rotatable bonds is 2. The van der Waals surface area contributed by atoms with Gasteiger partial charge in [0, 0.05) is 37.8 Å². The molecule has 2 aliphatic heterocycles. The van der Waals surface area contributed by atoms with Crippen molar-refractivity contribution in [3.63, 3.8) is 0 Å². The SMILES string of the molecule is O=C1CCC(=O)N1C1(N2CCOCC2)C2CCCCC21. The van der Waals surface area contributed by atoms with Crippen molar-refractivity contribution in [2.45, 2.75) is 44.2 Å². The second-order valence-electron chi connectivity index (χ2n) is 6.50. The maximum Gasteiger partial charge on any atom is 0.231 e. The highest BCUT2D eigenvalue weighted by atomic mass is 16.5. The molecule has 2 saturated heterocycles. The van der Waals surface area contributed by atoms with Crippen LogP contribution in [0.3, 0.4) is 0 Å². The summed E-state index contributed by atoms with van der Waals surface area (Å²) in [5.41, 5.74) is -0.273. The zero-order valence-corrected chi connectivity index (χ0v) is 11.8. The Hall–Kier alpha value is -0.940. The van der Waals surface area contributed by atoms with Gasteiger partial charge in [0.15, 0.2) is 0 Å². The number of hydrogen-bond donors (Lipinski definition) is 0. The Bertz CT molecular complexity index is 416. The smallest absolute Gasteiger partial charge is 0.231 e. The number of imide groups is 1. The summed E-state index contributed by atoms with van der Waals surface area (Å²) in [4.78, 5) is 28.7. The number of morpholine rings is 1. The Kier molecular flexibility index (Phi) is 2.89. The maximum atomic E-state index is 12.3. The average Bonchev–Trinajstić information content (AvgIpc) is 3.04. The highest BCUT2D eigenvalue weighted by molar-refractivity contribution is 6.03. The third kappa shape index (κ3) is 1.56. The third-order valence-corrected chi connectivity index (χ3v) is 5.68. The number of likely N-dealkylation sites (tertiary alicyclic amines) is 1. The van der Waals surface area contributed by atoms with Crippen molar-refractivity contribution in [3.8, 4) is 0 Å². The summed E-state index contributed by atoms with van der Waals surface area (Å²) >= 11 is 0. The summed E-state index contributed by atoms with van der Waals surface area (Å²) in [5, 5.41) is 0. The molecule has 20 heavy (non-hydrogen) atoms. The van der Waals surface area contributed by atoms with Gasteiger partial charge in [0.2, 0.25) is 11.8 Å². The first-order valence-corrected chi connectivity index (χ1v) is 7.95. The van der Waals surface area contributed by atoms with Crippen LogP contribution in [0.25, 0.3) is 0 Å². The number of nitrogens with zero attached hydrogens (tertiary/aromatic N) is 2. The molecule has 5 nitrogen and oxygen atoms in total. The average molecular weight is 278 g/mol. The molecule has 0 aromatic heterocycles. The normalized spacial score (nSPS) is 41.9. The highest BCUT2D eigenvalue weighted by Crippen LogP contribution is 2.64. The maximum absolute atomic E-state index is 12.3. The van der Waals surface area contributed by atoms with Crippen LogP contribution in [0.1, 0.15) is 38.5 Å². The quantitative estimate of drug-likeness (QED) is 0.707. The molecular formula is C15H22N2O3. The van der Waals surface area contributed by atoms with Gasteiger partial charge in [-0.25, -0.2) is 0 Å². The lowest BCUT2D eigenvalue weighted by molar-refractivity contribution is -0.152. The lowest BCUT2D eigenvalue weighted by Crippen LogP contribution is -2.58. The summed E-state index contributed by atoms with van der Waals surface area (Å²) < 4.78 is 5.46.